The third-order valence-corrected chi connectivity index (χ3v) is 4.31. The molecule has 1 heterocycles. The van der Waals surface area contributed by atoms with Crippen LogP contribution in [0.4, 0.5) is 6.01 Å². The van der Waals surface area contributed by atoms with Crippen LogP contribution >= 0.6 is 0 Å². The van der Waals surface area contributed by atoms with Crippen LogP contribution in [0.15, 0.2) is 4.42 Å². The van der Waals surface area contributed by atoms with Gasteiger partial charge in [0.1, 0.15) is 0 Å². The van der Waals surface area contributed by atoms with Crippen molar-refractivity contribution >= 4 is 6.01 Å². The van der Waals surface area contributed by atoms with E-state index < -0.39 is 0 Å². The number of aromatic nitrogens is 2. The molecule has 0 atom stereocenters. The van der Waals surface area contributed by atoms with Gasteiger partial charge in [-0.15, -0.1) is 5.10 Å². The zero-order chi connectivity index (χ0) is 14.9. The average molecular weight is 296 g/mol. The molecule has 2 N–H and O–H groups in total. The van der Waals surface area contributed by atoms with E-state index in [0.717, 1.165) is 24.9 Å². The van der Waals surface area contributed by atoms with Gasteiger partial charge < -0.3 is 19.8 Å². The van der Waals surface area contributed by atoms with Crippen LogP contribution < -0.4 is 10.6 Å². The Morgan fingerprint density at radius 1 is 1.19 bits per heavy atom. The van der Waals surface area contributed by atoms with Gasteiger partial charge in [-0.25, -0.2) is 0 Å². The predicted molar refractivity (Wildman–Crippen MR) is 82.1 cm³/mol. The van der Waals surface area contributed by atoms with E-state index >= 15 is 0 Å². The summed E-state index contributed by atoms with van der Waals surface area (Å²) in [6.45, 7) is 5.28. The molecule has 6 heteroatoms. The number of hydrogen-bond acceptors (Lipinski definition) is 6. The van der Waals surface area contributed by atoms with Crippen LogP contribution in [0.5, 0.6) is 0 Å². The Morgan fingerprint density at radius 3 is 2.67 bits per heavy atom. The number of hydrogen-bond donors (Lipinski definition) is 2. The molecule has 0 amide bonds. The molecular formula is C15H28N4O2. The average Bonchev–Trinajstić information content (AvgIpc) is 2.98. The molecule has 1 fully saturated rings. The van der Waals surface area contributed by atoms with E-state index in [-0.39, 0.29) is 0 Å². The maximum absolute atomic E-state index is 5.56. The number of methoxy groups -OCH3 is 1. The third kappa shape index (κ3) is 5.63. The minimum Gasteiger partial charge on any atom is -0.407 e. The van der Waals surface area contributed by atoms with Gasteiger partial charge in [-0.05, 0) is 24.7 Å². The highest BCUT2D eigenvalue weighted by atomic mass is 16.5. The van der Waals surface area contributed by atoms with Crippen LogP contribution in [0, 0.1) is 11.8 Å². The summed E-state index contributed by atoms with van der Waals surface area (Å²) < 4.78 is 10.5. The second-order valence-electron chi connectivity index (χ2n) is 5.85. The Bertz CT molecular complexity index is 389. The maximum Gasteiger partial charge on any atom is 0.315 e. The highest BCUT2D eigenvalue weighted by molar-refractivity contribution is 5.16. The first-order valence-electron chi connectivity index (χ1n) is 8.07. The molecule has 0 saturated heterocycles. The lowest BCUT2D eigenvalue weighted by Crippen LogP contribution is -2.21. The number of nitrogens with one attached hydrogen (secondary N) is 2. The van der Waals surface area contributed by atoms with E-state index in [9.17, 15) is 0 Å². The summed E-state index contributed by atoms with van der Waals surface area (Å²) >= 11 is 0. The predicted octanol–water partition coefficient (Wildman–Crippen LogP) is 2.43. The number of ether oxygens (including phenoxy) is 1. The number of nitrogens with zero attached hydrogens (tertiary/aromatic N) is 2. The van der Waals surface area contributed by atoms with Crippen molar-refractivity contribution in [2.24, 2.45) is 11.8 Å². The summed E-state index contributed by atoms with van der Waals surface area (Å²) in [4.78, 5) is 0. The lowest BCUT2D eigenvalue weighted by molar-refractivity contribution is 0.198. The zero-order valence-electron chi connectivity index (χ0n) is 13.2. The van der Waals surface area contributed by atoms with E-state index in [2.05, 4.69) is 27.8 Å². The van der Waals surface area contributed by atoms with Gasteiger partial charge in [-0.1, -0.05) is 31.3 Å². The standard InChI is InChI=1S/C15H28N4O2/c1-3-12-4-6-13(7-5-12)10-17-15-19-18-14(21-15)11-16-8-9-20-2/h12-13,16H,3-11H2,1-2H3,(H,17,19). The van der Waals surface area contributed by atoms with Gasteiger partial charge in [0.05, 0.1) is 13.2 Å². The molecular weight excluding hydrogens is 268 g/mol. The Morgan fingerprint density at radius 2 is 1.95 bits per heavy atom. The van der Waals surface area contributed by atoms with Gasteiger partial charge >= 0.3 is 6.01 Å². The van der Waals surface area contributed by atoms with Crippen LogP contribution in [-0.2, 0) is 11.3 Å². The monoisotopic (exact) mass is 296 g/mol. The van der Waals surface area contributed by atoms with Crippen molar-refractivity contribution < 1.29 is 9.15 Å². The van der Waals surface area contributed by atoms with Crippen molar-refractivity contribution in [1.82, 2.24) is 15.5 Å². The molecule has 2 rings (SSSR count). The van der Waals surface area contributed by atoms with Gasteiger partial charge in [-0.2, -0.15) is 0 Å². The first-order valence-corrected chi connectivity index (χ1v) is 8.07. The van der Waals surface area contributed by atoms with Gasteiger partial charge in [0, 0.05) is 20.2 Å². The van der Waals surface area contributed by atoms with E-state index in [1.54, 1.807) is 7.11 Å². The zero-order valence-corrected chi connectivity index (χ0v) is 13.2. The van der Waals surface area contributed by atoms with Gasteiger partial charge in [-0.3, -0.25) is 0 Å². The second-order valence-corrected chi connectivity index (χ2v) is 5.85. The van der Waals surface area contributed by atoms with Crippen molar-refractivity contribution in [3.05, 3.63) is 5.89 Å². The quantitative estimate of drug-likeness (QED) is 0.682. The second kappa shape index (κ2) is 9.00. The number of anilines is 1. The van der Waals surface area contributed by atoms with E-state index in [4.69, 9.17) is 9.15 Å². The van der Waals surface area contributed by atoms with Gasteiger partial charge in [0.2, 0.25) is 5.89 Å². The topological polar surface area (TPSA) is 72.2 Å². The molecule has 1 aromatic rings. The molecule has 1 saturated carbocycles. The number of rotatable bonds is 9. The molecule has 120 valence electrons. The van der Waals surface area contributed by atoms with Crippen molar-refractivity contribution in [1.29, 1.82) is 0 Å². The molecule has 0 spiro atoms. The van der Waals surface area contributed by atoms with Crippen molar-refractivity contribution in [2.75, 3.05) is 32.1 Å². The smallest absolute Gasteiger partial charge is 0.315 e. The highest BCUT2D eigenvalue weighted by Gasteiger charge is 2.20. The Hall–Kier alpha value is -1.14. The summed E-state index contributed by atoms with van der Waals surface area (Å²) in [5.41, 5.74) is 0. The van der Waals surface area contributed by atoms with Crippen LogP contribution in [0.3, 0.4) is 0 Å². The summed E-state index contributed by atoms with van der Waals surface area (Å²) in [5, 5.41) is 14.5. The van der Waals surface area contributed by atoms with E-state index in [0.29, 0.717) is 25.1 Å². The van der Waals surface area contributed by atoms with Crippen molar-refractivity contribution in [3.63, 3.8) is 0 Å². The molecule has 1 aliphatic carbocycles. The van der Waals surface area contributed by atoms with E-state index in [1.165, 1.54) is 32.1 Å². The van der Waals surface area contributed by atoms with Crippen LogP contribution in [0.25, 0.3) is 0 Å². The molecule has 0 aliphatic heterocycles. The molecule has 0 bridgehead atoms. The molecule has 6 nitrogen and oxygen atoms in total. The molecule has 21 heavy (non-hydrogen) atoms. The van der Waals surface area contributed by atoms with Crippen LogP contribution in [0.2, 0.25) is 0 Å². The maximum atomic E-state index is 5.56. The summed E-state index contributed by atoms with van der Waals surface area (Å²) in [6, 6.07) is 0.538. The summed E-state index contributed by atoms with van der Waals surface area (Å²) in [7, 11) is 1.68. The fourth-order valence-electron chi connectivity index (χ4n) is 2.84. The van der Waals surface area contributed by atoms with Crippen LogP contribution in [0.1, 0.15) is 44.9 Å². The van der Waals surface area contributed by atoms with Crippen molar-refractivity contribution in [2.45, 2.75) is 45.6 Å². The van der Waals surface area contributed by atoms with Crippen LogP contribution in [-0.4, -0.2) is 37.0 Å². The molecule has 0 unspecified atom stereocenters. The first-order chi connectivity index (χ1) is 10.3. The molecule has 1 aromatic heterocycles. The SMILES string of the molecule is CCC1CCC(CNc2nnc(CNCCOC)o2)CC1. The molecule has 0 aromatic carbocycles. The third-order valence-electron chi connectivity index (χ3n) is 4.31. The largest absolute Gasteiger partial charge is 0.407 e. The Balaban J connectivity index is 1.64. The molecule has 1 aliphatic rings. The summed E-state index contributed by atoms with van der Waals surface area (Å²) in [5.74, 6) is 2.29. The first kappa shape index (κ1) is 16.2. The minimum absolute atomic E-state index is 0.538. The fourth-order valence-corrected chi connectivity index (χ4v) is 2.84. The van der Waals surface area contributed by atoms with E-state index in [1.807, 2.05) is 0 Å². The molecule has 0 radical (unpaired) electrons. The van der Waals surface area contributed by atoms with Gasteiger partial charge in [0.15, 0.2) is 0 Å². The Labute approximate surface area is 127 Å². The van der Waals surface area contributed by atoms with Crippen molar-refractivity contribution in [3.8, 4) is 0 Å². The normalized spacial score (nSPS) is 22.4. The lowest BCUT2D eigenvalue weighted by Gasteiger charge is -2.27. The Kier molecular flexibility index (Phi) is 6.95. The van der Waals surface area contributed by atoms with Gasteiger partial charge in [0.25, 0.3) is 0 Å². The lowest BCUT2D eigenvalue weighted by atomic mass is 9.81. The fraction of sp³-hybridized carbons (Fsp3) is 0.867. The summed E-state index contributed by atoms with van der Waals surface area (Å²) in [6.07, 6.45) is 6.67. The highest BCUT2D eigenvalue weighted by Crippen LogP contribution is 2.30. The minimum atomic E-state index is 0.538.